The molecule has 166 valence electrons. The molecule has 0 radical (unpaired) electrons. The number of hydrogen-bond donors (Lipinski definition) is 1. The van der Waals surface area contributed by atoms with Crippen LogP contribution in [-0.2, 0) is 11.3 Å². The Bertz CT molecular complexity index is 1060. The van der Waals surface area contributed by atoms with Crippen molar-refractivity contribution in [2.45, 2.75) is 13.5 Å². The van der Waals surface area contributed by atoms with Crippen LogP contribution < -0.4 is 10.6 Å². The smallest absolute Gasteiger partial charge is 0.338 e. The van der Waals surface area contributed by atoms with Crippen LogP contribution in [0.3, 0.4) is 0 Å². The second kappa shape index (κ2) is 10.1. The Balaban J connectivity index is 1.41. The number of carbonyl (C=O) groups excluding carboxylic acids is 1. The number of piperazine rings is 1. The minimum Gasteiger partial charge on any atom is -0.462 e. The molecule has 0 aromatic heterocycles. The summed E-state index contributed by atoms with van der Waals surface area (Å²) >= 11 is 6.07. The van der Waals surface area contributed by atoms with Crippen LogP contribution in [0, 0.1) is 0 Å². The molecule has 0 amide bonds. The van der Waals surface area contributed by atoms with Gasteiger partial charge in [-0.1, -0.05) is 29.8 Å². The second-order valence-corrected chi connectivity index (χ2v) is 8.39. The average molecular weight is 450 g/mol. The first-order chi connectivity index (χ1) is 15.5. The lowest BCUT2D eigenvalue weighted by Gasteiger charge is -2.36. The number of nitrogen functional groups attached to an aromatic ring is 1. The first-order valence-corrected chi connectivity index (χ1v) is 11.3. The lowest BCUT2D eigenvalue weighted by atomic mass is 9.98. The van der Waals surface area contributed by atoms with Gasteiger partial charge in [0.05, 0.1) is 12.2 Å². The van der Waals surface area contributed by atoms with Crippen LogP contribution in [0.25, 0.3) is 11.1 Å². The van der Waals surface area contributed by atoms with E-state index < -0.39 is 0 Å². The fourth-order valence-electron chi connectivity index (χ4n) is 4.08. The largest absolute Gasteiger partial charge is 0.462 e. The maximum absolute atomic E-state index is 11.9. The monoisotopic (exact) mass is 449 g/mol. The van der Waals surface area contributed by atoms with E-state index in [2.05, 4.69) is 34.1 Å². The first-order valence-electron chi connectivity index (χ1n) is 10.9. The molecule has 0 unspecified atom stereocenters. The van der Waals surface area contributed by atoms with Crippen LogP contribution in [0.5, 0.6) is 0 Å². The molecule has 3 aromatic rings. The fourth-order valence-corrected chi connectivity index (χ4v) is 4.21. The number of hydrogen-bond acceptors (Lipinski definition) is 5. The third kappa shape index (κ3) is 5.23. The van der Waals surface area contributed by atoms with Crippen LogP contribution in [0.15, 0.2) is 66.7 Å². The minimum absolute atomic E-state index is 0.275. The Morgan fingerprint density at radius 3 is 2.31 bits per heavy atom. The highest BCUT2D eigenvalue weighted by molar-refractivity contribution is 6.30. The third-order valence-corrected chi connectivity index (χ3v) is 6.05. The van der Waals surface area contributed by atoms with E-state index in [4.69, 9.17) is 22.1 Å². The number of benzene rings is 3. The zero-order valence-electron chi connectivity index (χ0n) is 18.3. The van der Waals surface area contributed by atoms with E-state index in [0.29, 0.717) is 12.2 Å². The summed E-state index contributed by atoms with van der Waals surface area (Å²) in [5.41, 5.74) is 12.2. The molecule has 1 aliphatic heterocycles. The van der Waals surface area contributed by atoms with Gasteiger partial charge in [0.25, 0.3) is 0 Å². The van der Waals surface area contributed by atoms with E-state index in [1.807, 2.05) is 49.4 Å². The van der Waals surface area contributed by atoms with Gasteiger partial charge in [-0.3, -0.25) is 4.90 Å². The minimum atomic E-state index is -0.275. The number of halogens is 1. The molecule has 4 rings (SSSR count). The molecule has 0 aliphatic carbocycles. The highest BCUT2D eigenvalue weighted by Crippen LogP contribution is 2.28. The summed E-state index contributed by atoms with van der Waals surface area (Å²) < 4.78 is 5.07. The van der Waals surface area contributed by atoms with E-state index in [0.717, 1.165) is 54.7 Å². The van der Waals surface area contributed by atoms with Crippen LogP contribution in [0.2, 0.25) is 5.02 Å². The number of ether oxygens (including phenoxy) is 1. The molecule has 2 N–H and O–H groups in total. The fraction of sp³-hybridized carbons (Fsp3) is 0.269. The van der Waals surface area contributed by atoms with Gasteiger partial charge >= 0.3 is 5.97 Å². The van der Waals surface area contributed by atoms with E-state index in [9.17, 15) is 4.79 Å². The molecule has 0 bridgehead atoms. The Morgan fingerprint density at radius 2 is 1.66 bits per heavy atom. The molecular formula is C26H28ClN3O2. The molecule has 6 heteroatoms. The van der Waals surface area contributed by atoms with Gasteiger partial charge in [-0.25, -0.2) is 4.79 Å². The quantitative estimate of drug-likeness (QED) is 0.419. The van der Waals surface area contributed by atoms with Crippen molar-refractivity contribution in [1.29, 1.82) is 0 Å². The molecule has 1 aliphatic rings. The predicted molar refractivity (Wildman–Crippen MR) is 131 cm³/mol. The molecule has 0 spiro atoms. The molecule has 3 aromatic carbocycles. The van der Waals surface area contributed by atoms with Gasteiger partial charge in [0.1, 0.15) is 0 Å². The van der Waals surface area contributed by atoms with Crippen molar-refractivity contribution in [3.8, 4) is 11.1 Å². The maximum atomic E-state index is 11.9. The number of nitrogens with zero attached hydrogens (tertiary/aromatic N) is 2. The Hall–Kier alpha value is -3.02. The molecule has 0 saturated carbocycles. The van der Waals surface area contributed by atoms with Crippen LogP contribution in [0.4, 0.5) is 11.4 Å². The average Bonchev–Trinajstić information content (AvgIpc) is 2.81. The van der Waals surface area contributed by atoms with Crippen molar-refractivity contribution in [3.63, 3.8) is 0 Å². The van der Waals surface area contributed by atoms with E-state index in [1.54, 1.807) is 0 Å². The molecule has 0 atom stereocenters. The summed E-state index contributed by atoms with van der Waals surface area (Å²) in [7, 11) is 0. The molecule has 1 saturated heterocycles. The summed E-state index contributed by atoms with van der Waals surface area (Å²) in [6, 6.07) is 21.7. The number of esters is 1. The highest BCUT2D eigenvalue weighted by Gasteiger charge is 2.19. The van der Waals surface area contributed by atoms with Crippen LogP contribution >= 0.6 is 11.6 Å². The summed E-state index contributed by atoms with van der Waals surface area (Å²) in [4.78, 5) is 16.7. The first kappa shape index (κ1) is 22.2. The predicted octanol–water partition coefficient (Wildman–Crippen LogP) is 5.09. The Kier molecular flexibility index (Phi) is 6.98. The van der Waals surface area contributed by atoms with Crippen molar-refractivity contribution in [3.05, 3.63) is 82.9 Å². The van der Waals surface area contributed by atoms with Gasteiger partial charge in [-0.05, 0) is 72.1 Å². The number of anilines is 2. The highest BCUT2D eigenvalue weighted by atomic mass is 35.5. The number of rotatable bonds is 6. The van der Waals surface area contributed by atoms with Crippen LogP contribution in [-0.4, -0.2) is 43.7 Å². The molecule has 5 nitrogen and oxygen atoms in total. The second-order valence-electron chi connectivity index (χ2n) is 7.95. The maximum Gasteiger partial charge on any atom is 0.338 e. The lowest BCUT2D eigenvalue weighted by molar-refractivity contribution is 0.0526. The summed E-state index contributed by atoms with van der Waals surface area (Å²) in [6.07, 6.45) is 0. The third-order valence-electron chi connectivity index (χ3n) is 5.79. The normalized spacial score (nSPS) is 14.4. The van der Waals surface area contributed by atoms with Gasteiger partial charge in [0.2, 0.25) is 0 Å². The van der Waals surface area contributed by atoms with Gasteiger partial charge in [-0.15, -0.1) is 0 Å². The lowest BCUT2D eigenvalue weighted by Crippen LogP contribution is -2.46. The number of carbonyl (C=O) groups is 1. The summed E-state index contributed by atoms with van der Waals surface area (Å²) in [5, 5.41) is 0.733. The van der Waals surface area contributed by atoms with E-state index >= 15 is 0 Å². The number of nitrogens with two attached hydrogens (primary N) is 1. The van der Waals surface area contributed by atoms with Gasteiger partial charge in [0, 0.05) is 49.1 Å². The summed E-state index contributed by atoms with van der Waals surface area (Å²) in [5.74, 6) is -0.275. The van der Waals surface area contributed by atoms with Crippen molar-refractivity contribution < 1.29 is 9.53 Å². The van der Waals surface area contributed by atoms with Gasteiger partial charge in [-0.2, -0.15) is 0 Å². The Morgan fingerprint density at radius 1 is 0.969 bits per heavy atom. The van der Waals surface area contributed by atoms with E-state index in [1.165, 1.54) is 11.1 Å². The van der Waals surface area contributed by atoms with Gasteiger partial charge < -0.3 is 15.4 Å². The standard InChI is InChI=1S/C26H28ClN3O2/c1-2-32-26(31)20-5-10-24(11-6-20)30-15-13-29(14-16-30)18-21-17-23(28)9-12-25(21)19-3-7-22(27)8-4-19/h3-12,17H,2,13-16,18,28H2,1H3. The topological polar surface area (TPSA) is 58.8 Å². The summed E-state index contributed by atoms with van der Waals surface area (Å²) in [6.45, 7) is 6.81. The van der Waals surface area contributed by atoms with E-state index in [-0.39, 0.29) is 5.97 Å². The zero-order valence-corrected chi connectivity index (χ0v) is 19.0. The van der Waals surface area contributed by atoms with Crippen molar-refractivity contribution in [1.82, 2.24) is 4.90 Å². The molecule has 32 heavy (non-hydrogen) atoms. The zero-order chi connectivity index (χ0) is 22.5. The van der Waals surface area contributed by atoms with Crippen molar-refractivity contribution in [2.24, 2.45) is 0 Å². The molecule has 1 fully saturated rings. The Labute approximate surface area is 194 Å². The van der Waals surface area contributed by atoms with Crippen molar-refractivity contribution in [2.75, 3.05) is 43.4 Å². The van der Waals surface area contributed by atoms with Crippen LogP contribution in [0.1, 0.15) is 22.8 Å². The molecule has 1 heterocycles. The SMILES string of the molecule is CCOC(=O)c1ccc(N2CCN(Cc3cc(N)ccc3-c3ccc(Cl)cc3)CC2)cc1. The molecular weight excluding hydrogens is 422 g/mol. The van der Waals surface area contributed by atoms with Crippen molar-refractivity contribution >= 4 is 28.9 Å². The van der Waals surface area contributed by atoms with Gasteiger partial charge in [0.15, 0.2) is 0 Å².